The highest BCUT2D eigenvalue weighted by molar-refractivity contribution is 14.1. The number of hydrogen-bond donors (Lipinski definition) is 1. The van der Waals surface area contributed by atoms with Crippen molar-refractivity contribution in [2.24, 2.45) is 0 Å². The van der Waals surface area contributed by atoms with Crippen molar-refractivity contribution in [1.29, 1.82) is 0 Å². The van der Waals surface area contributed by atoms with E-state index in [9.17, 15) is 4.79 Å². The van der Waals surface area contributed by atoms with E-state index in [2.05, 4.69) is 22.6 Å². The zero-order valence-corrected chi connectivity index (χ0v) is 7.17. The molecule has 0 aliphatic rings. The predicted molar refractivity (Wildman–Crippen MR) is 44.9 cm³/mol. The second kappa shape index (κ2) is 6.07. The Morgan fingerprint density at radius 2 is 2.33 bits per heavy atom. The maximum atomic E-state index is 9.87. The highest BCUT2D eigenvalue weighted by atomic mass is 127. The minimum atomic E-state index is -0.858. The van der Waals surface area contributed by atoms with Gasteiger partial charge in [0, 0.05) is 6.08 Å². The molecular formula is C6H9IO2. The molecule has 2 nitrogen and oxygen atoms in total. The number of rotatable bonds is 4. The van der Waals surface area contributed by atoms with Gasteiger partial charge in [-0.2, -0.15) is 0 Å². The first-order valence-electron chi connectivity index (χ1n) is 2.73. The Balaban J connectivity index is 3.15. The average Bonchev–Trinajstić information content (AvgIpc) is 1.80. The molecule has 0 saturated heterocycles. The van der Waals surface area contributed by atoms with Gasteiger partial charge in [0.25, 0.3) is 0 Å². The van der Waals surface area contributed by atoms with Crippen LogP contribution < -0.4 is 0 Å². The zero-order valence-electron chi connectivity index (χ0n) is 5.01. The molecule has 3 heteroatoms. The van der Waals surface area contributed by atoms with E-state index in [4.69, 9.17) is 5.11 Å². The van der Waals surface area contributed by atoms with Gasteiger partial charge in [-0.3, -0.25) is 0 Å². The van der Waals surface area contributed by atoms with E-state index in [1.165, 1.54) is 6.08 Å². The molecule has 0 unspecified atom stereocenters. The quantitative estimate of drug-likeness (QED) is 0.352. The van der Waals surface area contributed by atoms with Crippen LogP contribution in [0, 0.1) is 0 Å². The summed E-state index contributed by atoms with van der Waals surface area (Å²) in [4.78, 5) is 9.87. The molecule has 0 rings (SSSR count). The Morgan fingerprint density at radius 3 is 2.78 bits per heavy atom. The SMILES string of the molecule is O=C(O)C=CCCCI. The molecule has 0 aliphatic heterocycles. The van der Waals surface area contributed by atoms with Crippen LogP contribution in [0.4, 0.5) is 0 Å². The second-order valence-electron chi connectivity index (χ2n) is 1.57. The van der Waals surface area contributed by atoms with E-state index < -0.39 is 5.97 Å². The minimum Gasteiger partial charge on any atom is -0.478 e. The molecule has 0 saturated carbocycles. The standard InChI is InChI=1S/C6H9IO2/c7-5-3-1-2-4-6(8)9/h2,4H,1,3,5H2,(H,8,9). The van der Waals surface area contributed by atoms with Gasteiger partial charge in [0.05, 0.1) is 0 Å². The number of aliphatic carboxylic acids is 1. The maximum Gasteiger partial charge on any atom is 0.327 e. The normalized spacial score (nSPS) is 10.3. The zero-order chi connectivity index (χ0) is 7.11. The van der Waals surface area contributed by atoms with Crippen LogP contribution in [0.3, 0.4) is 0 Å². The predicted octanol–water partition coefficient (Wildman–Crippen LogP) is 1.84. The summed E-state index contributed by atoms with van der Waals surface area (Å²) in [5.74, 6) is -0.858. The van der Waals surface area contributed by atoms with Crippen molar-refractivity contribution >= 4 is 28.6 Å². The highest BCUT2D eigenvalue weighted by Gasteiger charge is 1.83. The molecule has 0 spiro atoms. The smallest absolute Gasteiger partial charge is 0.327 e. The lowest BCUT2D eigenvalue weighted by atomic mass is 10.3. The third-order valence-corrected chi connectivity index (χ3v) is 1.53. The van der Waals surface area contributed by atoms with Crippen molar-refractivity contribution < 1.29 is 9.90 Å². The summed E-state index contributed by atoms with van der Waals surface area (Å²) in [6, 6.07) is 0. The van der Waals surface area contributed by atoms with Crippen LogP contribution in [0.1, 0.15) is 12.8 Å². The molecule has 0 bridgehead atoms. The van der Waals surface area contributed by atoms with Crippen LogP contribution >= 0.6 is 22.6 Å². The van der Waals surface area contributed by atoms with Crippen LogP contribution in [0.2, 0.25) is 0 Å². The van der Waals surface area contributed by atoms with Gasteiger partial charge in [0.15, 0.2) is 0 Å². The number of carboxylic acid groups (broad SMARTS) is 1. The maximum absolute atomic E-state index is 9.87. The average molecular weight is 240 g/mol. The molecule has 0 aliphatic carbocycles. The van der Waals surface area contributed by atoms with Crippen molar-refractivity contribution in [3.05, 3.63) is 12.2 Å². The lowest BCUT2D eigenvalue weighted by Gasteiger charge is -1.84. The molecule has 9 heavy (non-hydrogen) atoms. The molecular weight excluding hydrogens is 231 g/mol. The lowest BCUT2D eigenvalue weighted by molar-refractivity contribution is -0.131. The van der Waals surface area contributed by atoms with E-state index >= 15 is 0 Å². The second-order valence-corrected chi connectivity index (χ2v) is 2.65. The van der Waals surface area contributed by atoms with Crippen molar-refractivity contribution in [3.63, 3.8) is 0 Å². The number of carboxylic acids is 1. The van der Waals surface area contributed by atoms with Gasteiger partial charge in [0.1, 0.15) is 0 Å². The summed E-state index contributed by atoms with van der Waals surface area (Å²) in [5.41, 5.74) is 0. The Morgan fingerprint density at radius 1 is 1.67 bits per heavy atom. The summed E-state index contributed by atoms with van der Waals surface area (Å²) in [7, 11) is 0. The van der Waals surface area contributed by atoms with Gasteiger partial charge >= 0.3 is 5.97 Å². The van der Waals surface area contributed by atoms with E-state index in [0.29, 0.717) is 0 Å². The van der Waals surface area contributed by atoms with Crippen molar-refractivity contribution in [1.82, 2.24) is 0 Å². The van der Waals surface area contributed by atoms with Crippen LogP contribution in [0.25, 0.3) is 0 Å². The molecule has 0 amide bonds. The summed E-state index contributed by atoms with van der Waals surface area (Å²) < 4.78 is 1.09. The van der Waals surface area contributed by atoms with Gasteiger partial charge < -0.3 is 5.11 Å². The molecule has 0 radical (unpaired) electrons. The van der Waals surface area contributed by atoms with Gasteiger partial charge in [-0.25, -0.2) is 4.79 Å². The van der Waals surface area contributed by atoms with Crippen molar-refractivity contribution in [3.8, 4) is 0 Å². The van der Waals surface area contributed by atoms with Gasteiger partial charge in [0.2, 0.25) is 0 Å². The van der Waals surface area contributed by atoms with E-state index in [1.807, 2.05) is 0 Å². The molecule has 0 atom stereocenters. The number of unbranched alkanes of at least 4 members (excludes halogenated alkanes) is 1. The summed E-state index contributed by atoms with van der Waals surface area (Å²) in [6.07, 6.45) is 4.80. The first-order chi connectivity index (χ1) is 4.27. The van der Waals surface area contributed by atoms with E-state index in [-0.39, 0.29) is 0 Å². The number of carbonyl (C=O) groups is 1. The Bertz CT molecular complexity index is 110. The summed E-state index contributed by atoms with van der Waals surface area (Å²) in [5, 5.41) is 8.12. The largest absolute Gasteiger partial charge is 0.478 e. The molecule has 0 aromatic rings. The fourth-order valence-corrected chi connectivity index (χ4v) is 0.820. The molecule has 0 aromatic carbocycles. The van der Waals surface area contributed by atoms with E-state index in [0.717, 1.165) is 17.3 Å². The Kier molecular flexibility index (Phi) is 6.03. The fraction of sp³-hybridized carbons (Fsp3) is 0.500. The number of alkyl halides is 1. The van der Waals surface area contributed by atoms with Crippen molar-refractivity contribution in [2.45, 2.75) is 12.8 Å². The monoisotopic (exact) mass is 240 g/mol. The van der Waals surface area contributed by atoms with Gasteiger partial charge in [-0.1, -0.05) is 28.7 Å². The van der Waals surface area contributed by atoms with Crippen molar-refractivity contribution in [2.75, 3.05) is 4.43 Å². The topological polar surface area (TPSA) is 37.3 Å². The summed E-state index contributed by atoms with van der Waals surface area (Å²) in [6.45, 7) is 0. The first-order valence-corrected chi connectivity index (χ1v) is 4.25. The molecule has 0 fully saturated rings. The van der Waals surface area contributed by atoms with Gasteiger partial charge in [-0.05, 0) is 17.3 Å². The van der Waals surface area contributed by atoms with Gasteiger partial charge in [-0.15, -0.1) is 0 Å². The van der Waals surface area contributed by atoms with Crippen LogP contribution in [-0.2, 0) is 4.79 Å². The first kappa shape index (κ1) is 8.94. The van der Waals surface area contributed by atoms with E-state index in [1.54, 1.807) is 6.08 Å². The third-order valence-electron chi connectivity index (χ3n) is 0.765. The molecule has 52 valence electrons. The molecule has 0 aromatic heterocycles. The third kappa shape index (κ3) is 7.94. The Hall–Kier alpha value is -0.0600. The van der Waals surface area contributed by atoms with Crippen LogP contribution in [0.5, 0.6) is 0 Å². The number of hydrogen-bond acceptors (Lipinski definition) is 1. The Labute approximate surface area is 68.1 Å². The lowest BCUT2D eigenvalue weighted by Crippen LogP contribution is -1.85. The summed E-state index contributed by atoms with van der Waals surface area (Å²) >= 11 is 2.26. The fourth-order valence-electron chi connectivity index (χ4n) is 0.379. The minimum absolute atomic E-state index is 0.858. The number of halogens is 1. The van der Waals surface area contributed by atoms with Crippen LogP contribution in [-0.4, -0.2) is 15.5 Å². The van der Waals surface area contributed by atoms with Crippen LogP contribution in [0.15, 0.2) is 12.2 Å². The highest BCUT2D eigenvalue weighted by Crippen LogP contribution is 1.94. The molecule has 1 N–H and O–H groups in total. The molecule has 0 heterocycles. The number of allylic oxidation sites excluding steroid dienone is 1.